The monoisotopic (exact) mass is 424 g/mol. The molecule has 0 saturated carbocycles. The Morgan fingerprint density at radius 3 is 2.60 bits per heavy atom. The third kappa shape index (κ3) is 4.23. The van der Waals surface area contributed by atoms with Gasteiger partial charge >= 0.3 is 6.18 Å². The maximum atomic E-state index is 13.1. The number of piperazine rings is 1. The first-order chi connectivity index (χ1) is 14.4. The minimum atomic E-state index is -4.43. The lowest BCUT2D eigenvalue weighted by Gasteiger charge is -2.39. The van der Waals surface area contributed by atoms with Gasteiger partial charge in [-0.2, -0.15) is 13.2 Å². The number of amides is 1. The van der Waals surface area contributed by atoms with Gasteiger partial charge < -0.3 is 9.80 Å². The molecule has 2 aliphatic rings. The molecule has 4 rings (SSSR count). The minimum absolute atomic E-state index is 0.139. The van der Waals surface area contributed by atoms with Crippen LogP contribution in [-0.4, -0.2) is 76.1 Å². The number of hydrogen-bond acceptors (Lipinski definition) is 5. The number of piperidine rings is 1. The second-order valence-electron chi connectivity index (χ2n) is 8.10. The average molecular weight is 424 g/mol. The number of aromatic nitrogens is 3. The number of alkyl halides is 3. The third-order valence-corrected chi connectivity index (χ3v) is 5.99. The highest BCUT2D eigenvalue weighted by Gasteiger charge is 2.34. The number of halogens is 3. The molecule has 7 nitrogen and oxygen atoms in total. The first kappa shape index (κ1) is 20.9. The third-order valence-electron chi connectivity index (χ3n) is 5.99. The molecule has 1 unspecified atom stereocenters. The van der Waals surface area contributed by atoms with E-state index in [0.717, 1.165) is 64.2 Å². The van der Waals surface area contributed by atoms with Gasteiger partial charge in [-0.3, -0.25) is 14.1 Å². The molecule has 1 atom stereocenters. The average Bonchev–Trinajstić information content (AvgIpc) is 3.17. The van der Waals surface area contributed by atoms with E-state index in [9.17, 15) is 18.0 Å². The number of carbonyl (C=O) groups is 1. The number of carbonyl (C=O) groups excluding carboxylic acids is 1. The van der Waals surface area contributed by atoms with Crippen molar-refractivity contribution in [2.24, 2.45) is 5.92 Å². The maximum Gasteiger partial charge on any atom is 0.417 e. The van der Waals surface area contributed by atoms with E-state index in [-0.39, 0.29) is 11.8 Å². The van der Waals surface area contributed by atoms with Crippen molar-refractivity contribution in [1.82, 2.24) is 24.4 Å². The maximum absolute atomic E-state index is 13.1. The van der Waals surface area contributed by atoms with Gasteiger partial charge in [-0.25, -0.2) is 0 Å². The summed E-state index contributed by atoms with van der Waals surface area (Å²) in [6.45, 7) is 7.56. The van der Waals surface area contributed by atoms with E-state index >= 15 is 0 Å². The number of rotatable bonds is 4. The second-order valence-corrected chi connectivity index (χ2v) is 8.10. The van der Waals surface area contributed by atoms with Crippen LogP contribution in [0.15, 0.2) is 18.3 Å². The van der Waals surface area contributed by atoms with Crippen molar-refractivity contribution in [2.75, 3.05) is 50.7 Å². The molecule has 2 aromatic heterocycles. The van der Waals surface area contributed by atoms with Crippen molar-refractivity contribution < 1.29 is 18.0 Å². The summed E-state index contributed by atoms with van der Waals surface area (Å²) in [5.74, 6) is 0.330. The first-order valence-electron chi connectivity index (χ1n) is 10.5. The van der Waals surface area contributed by atoms with Crippen LogP contribution in [0.25, 0.3) is 5.65 Å². The van der Waals surface area contributed by atoms with Gasteiger partial charge in [-0.05, 0) is 37.9 Å². The molecule has 1 amide bonds. The van der Waals surface area contributed by atoms with Gasteiger partial charge in [0.05, 0.1) is 11.5 Å². The van der Waals surface area contributed by atoms with Crippen LogP contribution in [0.4, 0.5) is 19.1 Å². The van der Waals surface area contributed by atoms with Crippen LogP contribution in [-0.2, 0) is 11.0 Å². The molecule has 2 fully saturated rings. The lowest BCUT2D eigenvalue weighted by molar-refractivity contribution is -0.138. The molecule has 30 heavy (non-hydrogen) atoms. The van der Waals surface area contributed by atoms with E-state index in [0.29, 0.717) is 24.7 Å². The van der Waals surface area contributed by atoms with Crippen LogP contribution >= 0.6 is 0 Å². The predicted molar refractivity (Wildman–Crippen MR) is 106 cm³/mol. The Morgan fingerprint density at radius 2 is 1.90 bits per heavy atom. The smallest absolute Gasteiger partial charge is 0.340 e. The summed E-state index contributed by atoms with van der Waals surface area (Å²) >= 11 is 0. The molecule has 0 N–H and O–H groups in total. The lowest BCUT2D eigenvalue weighted by Crippen LogP contribution is -2.52. The van der Waals surface area contributed by atoms with Gasteiger partial charge in [-0.15, -0.1) is 10.2 Å². The Balaban J connectivity index is 1.47. The Kier molecular flexibility index (Phi) is 5.86. The summed E-state index contributed by atoms with van der Waals surface area (Å²) in [6, 6.07) is 2.33. The van der Waals surface area contributed by atoms with Gasteiger partial charge in [0.25, 0.3) is 0 Å². The molecule has 0 bridgehead atoms. The summed E-state index contributed by atoms with van der Waals surface area (Å²) in [6.07, 6.45) is -0.720. The highest BCUT2D eigenvalue weighted by Crippen LogP contribution is 2.31. The lowest BCUT2D eigenvalue weighted by atomic mass is 9.96. The van der Waals surface area contributed by atoms with Gasteiger partial charge in [-0.1, -0.05) is 6.92 Å². The Bertz CT molecular complexity index is 890. The Labute approximate surface area is 173 Å². The summed E-state index contributed by atoms with van der Waals surface area (Å²) in [5.41, 5.74) is -0.385. The summed E-state index contributed by atoms with van der Waals surface area (Å²) in [4.78, 5) is 19.3. The quantitative estimate of drug-likeness (QED) is 0.755. The van der Waals surface area contributed by atoms with Crippen molar-refractivity contribution in [3.8, 4) is 0 Å². The van der Waals surface area contributed by atoms with Crippen molar-refractivity contribution >= 4 is 17.5 Å². The first-order valence-corrected chi connectivity index (χ1v) is 10.5. The zero-order valence-corrected chi connectivity index (χ0v) is 17.1. The molecule has 4 heterocycles. The van der Waals surface area contributed by atoms with Gasteiger partial charge in [0.2, 0.25) is 11.9 Å². The van der Waals surface area contributed by atoms with Gasteiger partial charge in [0.1, 0.15) is 0 Å². The van der Waals surface area contributed by atoms with Crippen LogP contribution < -0.4 is 4.90 Å². The largest absolute Gasteiger partial charge is 0.417 e. The van der Waals surface area contributed by atoms with Crippen molar-refractivity contribution in [2.45, 2.75) is 32.4 Å². The molecule has 2 aromatic rings. The zero-order valence-electron chi connectivity index (χ0n) is 17.1. The Morgan fingerprint density at radius 1 is 1.13 bits per heavy atom. The van der Waals surface area contributed by atoms with Crippen LogP contribution in [0.2, 0.25) is 0 Å². The molecular formula is C20H27F3N6O. The van der Waals surface area contributed by atoms with Crippen LogP contribution in [0.1, 0.15) is 31.7 Å². The van der Waals surface area contributed by atoms with Crippen molar-refractivity contribution in [1.29, 1.82) is 0 Å². The summed E-state index contributed by atoms with van der Waals surface area (Å²) in [7, 11) is 0. The highest BCUT2D eigenvalue weighted by atomic mass is 19.4. The molecule has 0 aromatic carbocycles. The normalized spacial score (nSPS) is 21.4. The van der Waals surface area contributed by atoms with Gasteiger partial charge in [0, 0.05) is 45.5 Å². The predicted octanol–water partition coefficient (Wildman–Crippen LogP) is 2.52. The highest BCUT2D eigenvalue weighted by molar-refractivity contribution is 5.80. The molecule has 0 aliphatic carbocycles. The molecule has 164 valence electrons. The minimum Gasteiger partial charge on any atom is -0.340 e. The Hall–Kier alpha value is -2.36. The van der Waals surface area contributed by atoms with Gasteiger partial charge in [0.15, 0.2) is 5.65 Å². The fourth-order valence-electron chi connectivity index (χ4n) is 4.39. The molecule has 10 heteroatoms. The molecule has 0 radical (unpaired) electrons. The second kappa shape index (κ2) is 8.41. The fourth-order valence-corrected chi connectivity index (χ4v) is 4.39. The standard InChI is InChI=1S/C20H27F3N6O/c1-2-7-26-9-11-27(12-10-26)18(30)15-4-3-8-28(13-15)19-25-24-17-6-5-16(14-29(17)19)20(21,22)23/h5-6,14-15H,2-4,7-13H2,1H3. The topological polar surface area (TPSA) is 57.0 Å². The molecular weight excluding hydrogens is 397 g/mol. The van der Waals surface area contributed by atoms with E-state index in [2.05, 4.69) is 22.0 Å². The molecule has 0 spiro atoms. The summed E-state index contributed by atoms with van der Waals surface area (Å²) in [5, 5.41) is 8.12. The fraction of sp³-hybridized carbons (Fsp3) is 0.650. The number of anilines is 1. The van der Waals surface area contributed by atoms with Crippen LogP contribution in [0, 0.1) is 5.92 Å². The van der Waals surface area contributed by atoms with Crippen molar-refractivity contribution in [3.63, 3.8) is 0 Å². The van der Waals surface area contributed by atoms with Crippen LogP contribution in [0.5, 0.6) is 0 Å². The number of nitrogens with zero attached hydrogens (tertiary/aromatic N) is 6. The van der Waals surface area contributed by atoms with E-state index in [1.165, 1.54) is 10.5 Å². The molecule has 2 aliphatic heterocycles. The van der Waals surface area contributed by atoms with E-state index < -0.39 is 11.7 Å². The number of hydrogen-bond donors (Lipinski definition) is 0. The molecule has 2 saturated heterocycles. The number of fused-ring (bicyclic) bond motifs is 1. The van der Waals surface area contributed by atoms with E-state index in [4.69, 9.17) is 0 Å². The van der Waals surface area contributed by atoms with E-state index in [1.54, 1.807) is 0 Å². The SMILES string of the molecule is CCCN1CCN(C(=O)C2CCCN(c3nnc4ccc(C(F)(F)F)cn34)C2)CC1. The summed E-state index contributed by atoms with van der Waals surface area (Å²) < 4.78 is 40.7. The van der Waals surface area contributed by atoms with Crippen LogP contribution in [0.3, 0.4) is 0 Å². The number of pyridine rings is 1. The van der Waals surface area contributed by atoms with E-state index in [1.807, 2.05) is 9.80 Å². The van der Waals surface area contributed by atoms with Crippen molar-refractivity contribution in [3.05, 3.63) is 23.9 Å². The zero-order chi connectivity index (χ0) is 21.3.